The molecule has 0 fully saturated rings. The Bertz CT molecular complexity index is 2300. The number of hydrogen-bond donors (Lipinski definition) is 0. The summed E-state index contributed by atoms with van der Waals surface area (Å²) in [7, 11) is 0. The third kappa shape index (κ3) is 12.2. The van der Waals surface area contributed by atoms with Crippen LogP contribution in [0.3, 0.4) is 0 Å². The van der Waals surface area contributed by atoms with Gasteiger partial charge in [-0.25, -0.2) is 9.97 Å². The van der Waals surface area contributed by atoms with Crippen molar-refractivity contribution in [2.24, 2.45) is 0 Å². The first-order valence-corrected chi connectivity index (χ1v) is 27.8. The van der Waals surface area contributed by atoms with Gasteiger partial charge in [-0.1, -0.05) is 143 Å². The number of aryl methyl sites for hydroxylation is 2. The Balaban J connectivity index is 1.20. The number of hydrogen-bond acceptors (Lipinski definition) is 9. The lowest BCUT2D eigenvalue weighted by atomic mass is 10.0. The zero-order valence-electron chi connectivity index (χ0n) is 40.4. The van der Waals surface area contributed by atoms with Gasteiger partial charge >= 0.3 is 0 Å². The zero-order chi connectivity index (χ0) is 45.4. The van der Waals surface area contributed by atoms with Crippen LogP contribution in [-0.4, -0.2) is 44.9 Å². The lowest BCUT2D eigenvalue weighted by Crippen LogP contribution is -2.25. The first-order chi connectivity index (χ1) is 32.0. The van der Waals surface area contributed by atoms with Gasteiger partial charge in [0.25, 0.3) is 0 Å². The molecule has 0 unspecified atom stereocenters. The fourth-order valence-electron chi connectivity index (χ4n) is 9.21. The van der Waals surface area contributed by atoms with Gasteiger partial charge in [0.05, 0.1) is 23.1 Å². The van der Waals surface area contributed by atoms with Crippen molar-refractivity contribution in [2.45, 2.75) is 157 Å². The number of rotatable bonds is 28. The van der Waals surface area contributed by atoms with E-state index >= 15 is 0 Å². The van der Waals surface area contributed by atoms with Crippen LogP contribution in [0.2, 0.25) is 0 Å². The highest BCUT2D eigenvalue weighted by molar-refractivity contribution is 7.19. The highest BCUT2D eigenvalue weighted by Crippen LogP contribution is 2.47. The van der Waals surface area contributed by atoms with Crippen LogP contribution in [0, 0.1) is 0 Å². The topological polar surface area (TPSA) is 58.0 Å². The van der Waals surface area contributed by atoms with Gasteiger partial charge in [0.1, 0.15) is 22.1 Å². The number of benzene rings is 3. The third-order valence-electron chi connectivity index (χ3n) is 13.0. The van der Waals surface area contributed by atoms with Crippen molar-refractivity contribution in [3.05, 3.63) is 84.2 Å². The smallest absolute Gasteiger partial charge is 0.116 e. The van der Waals surface area contributed by atoms with Crippen LogP contribution >= 0.6 is 34.4 Å². The van der Waals surface area contributed by atoms with Crippen LogP contribution in [0.25, 0.3) is 63.8 Å². The van der Waals surface area contributed by atoms with Crippen molar-refractivity contribution < 1.29 is 0 Å². The van der Waals surface area contributed by atoms with Crippen molar-refractivity contribution >= 4 is 67.8 Å². The summed E-state index contributed by atoms with van der Waals surface area (Å²) < 4.78 is 10.1. The molecule has 7 rings (SSSR count). The number of aromatic nitrogens is 4. The molecular formula is C56H74N6S3. The van der Waals surface area contributed by atoms with E-state index in [4.69, 9.17) is 18.7 Å². The molecule has 0 saturated heterocycles. The summed E-state index contributed by atoms with van der Waals surface area (Å²) in [6.07, 6.45) is 22.3. The highest BCUT2D eigenvalue weighted by atomic mass is 32.1. The second kappa shape index (κ2) is 25.1. The van der Waals surface area contributed by atoms with Crippen molar-refractivity contribution in [3.63, 3.8) is 0 Å². The maximum Gasteiger partial charge on any atom is 0.116 e. The minimum Gasteiger partial charge on any atom is -0.372 e. The molecule has 0 bridgehead atoms. The molecule has 9 heteroatoms. The lowest BCUT2D eigenvalue weighted by Gasteiger charge is -2.25. The van der Waals surface area contributed by atoms with Crippen molar-refractivity contribution in [3.8, 4) is 41.8 Å². The molecule has 0 radical (unpaired) electrons. The van der Waals surface area contributed by atoms with E-state index in [0.29, 0.717) is 0 Å². The second-order valence-electron chi connectivity index (χ2n) is 17.9. The second-order valence-corrected chi connectivity index (χ2v) is 20.6. The number of thiophene rings is 2. The summed E-state index contributed by atoms with van der Waals surface area (Å²) in [6.45, 7) is 18.1. The summed E-state index contributed by atoms with van der Waals surface area (Å²) in [6, 6.07) is 27.7. The summed E-state index contributed by atoms with van der Waals surface area (Å²) in [5, 5.41) is 0. The maximum absolute atomic E-state index is 5.47. The first-order valence-electron chi connectivity index (χ1n) is 25.4. The fourth-order valence-corrected chi connectivity index (χ4v) is 11.9. The van der Waals surface area contributed by atoms with Gasteiger partial charge in [-0.2, -0.15) is 8.75 Å². The predicted octanol–water partition coefficient (Wildman–Crippen LogP) is 17.5. The average Bonchev–Trinajstić information content (AvgIpc) is 4.15. The van der Waals surface area contributed by atoms with Crippen LogP contribution in [0.15, 0.2) is 72.8 Å². The van der Waals surface area contributed by atoms with Gasteiger partial charge in [0.2, 0.25) is 0 Å². The molecule has 0 amide bonds. The maximum atomic E-state index is 5.47. The highest BCUT2D eigenvalue weighted by Gasteiger charge is 2.25. The average molecular weight is 927 g/mol. The minimum absolute atomic E-state index is 0.832. The molecule has 4 heterocycles. The van der Waals surface area contributed by atoms with Crippen molar-refractivity contribution in [1.82, 2.24) is 18.7 Å². The summed E-state index contributed by atoms with van der Waals surface area (Å²) in [5.74, 6) is 0. The molecule has 0 atom stereocenters. The van der Waals surface area contributed by atoms with Gasteiger partial charge in [-0.05, 0) is 98.2 Å². The van der Waals surface area contributed by atoms with E-state index in [1.54, 1.807) is 0 Å². The molecule has 0 saturated carbocycles. The van der Waals surface area contributed by atoms with Crippen LogP contribution in [-0.2, 0) is 12.8 Å². The normalized spacial score (nSPS) is 11.7. The van der Waals surface area contributed by atoms with Gasteiger partial charge in [-0.3, -0.25) is 0 Å². The Hall–Kier alpha value is -4.18. The Morgan fingerprint density at radius 3 is 1.03 bits per heavy atom. The third-order valence-corrected chi connectivity index (χ3v) is 15.9. The molecule has 0 aliphatic carbocycles. The molecule has 0 aliphatic heterocycles. The summed E-state index contributed by atoms with van der Waals surface area (Å²) >= 11 is 4.94. The van der Waals surface area contributed by atoms with E-state index in [1.807, 2.05) is 22.7 Å². The van der Waals surface area contributed by atoms with Crippen molar-refractivity contribution in [2.75, 3.05) is 36.0 Å². The summed E-state index contributed by atoms with van der Waals surface area (Å²) in [4.78, 5) is 21.0. The largest absolute Gasteiger partial charge is 0.372 e. The van der Waals surface area contributed by atoms with E-state index in [2.05, 4.69) is 124 Å². The summed E-state index contributed by atoms with van der Waals surface area (Å²) in [5.41, 5.74) is 13.1. The molecule has 346 valence electrons. The minimum atomic E-state index is 0.832. The van der Waals surface area contributed by atoms with E-state index in [0.717, 1.165) is 93.4 Å². The molecular weight excluding hydrogens is 853 g/mol. The lowest BCUT2D eigenvalue weighted by molar-refractivity contribution is 0.609. The van der Waals surface area contributed by atoms with E-state index in [-0.39, 0.29) is 0 Å². The Labute approximate surface area is 403 Å². The van der Waals surface area contributed by atoms with Crippen LogP contribution < -0.4 is 9.80 Å². The Kier molecular flexibility index (Phi) is 18.8. The van der Waals surface area contributed by atoms with Gasteiger partial charge in [0.15, 0.2) is 0 Å². The first kappa shape index (κ1) is 48.7. The molecule has 65 heavy (non-hydrogen) atoms. The van der Waals surface area contributed by atoms with Crippen LogP contribution in [0.5, 0.6) is 0 Å². The van der Waals surface area contributed by atoms with Gasteiger partial charge < -0.3 is 9.80 Å². The van der Waals surface area contributed by atoms with Crippen LogP contribution in [0.4, 0.5) is 11.4 Å². The number of nitrogens with zero attached hydrogens (tertiary/aromatic N) is 6. The predicted molar refractivity (Wildman–Crippen MR) is 288 cm³/mol. The number of fused-ring (bicyclic) bond motifs is 2. The molecule has 0 aliphatic rings. The van der Waals surface area contributed by atoms with Crippen LogP contribution in [0.1, 0.15) is 156 Å². The van der Waals surface area contributed by atoms with Gasteiger partial charge in [0, 0.05) is 68.2 Å². The number of unbranched alkanes of at least 4 members (excludes halogenated alkanes) is 12. The monoisotopic (exact) mass is 927 g/mol. The Morgan fingerprint density at radius 1 is 0.369 bits per heavy atom. The van der Waals surface area contributed by atoms with Crippen molar-refractivity contribution in [1.29, 1.82) is 0 Å². The molecule has 3 aromatic carbocycles. The van der Waals surface area contributed by atoms with Gasteiger partial charge in [-0.15, -0.1) is 22.7 Å². The van der Waals surface area contributed by atoms with E-state index < -0.39 is 0 Å². The quantitative estimate of drug-likeness (QED) is 0.0456. The SMILES string of the molecule is CCCCCCN(CCCCCC)c1ccc(-c2ccc(-c3c4nsnc4c(-c4ccc(-c5ccc(N(CCCCCC)CCCCCC)cc5)s4)c4nc(CC)c(CC)nc34)s2)cc1. The standard InChI is InChI=1S/C56H74N6S3/c1-7-13-17-21-37-61(38-22-18-14-8-2)43-29-25-41(26-30-43)47-33-35-49(63-47)51-53-54(58-46(12-6)45(11-5)57-53)52(56-55(51)59-65-60-56)50-36-34-48(64-50)42-27-31-44(32-28-42)62(39-23-19-15-9-3)40-24-20-16-10-4/h25-36H,7-24,37-40H2,1-6H3. The molecule has 4 aromatic heterocycles. The zero-order valence-corrected chi connectivity index (χ0v) is 42.8. The molecule has 6 nitrogen and oxygen atoms in total. The van der Waals surface area contributed by atoms with E-state index in [9.17, 15) is 0 Å². The molecule has 0 spiro atoms. The fraction of sp³-hybridized carbons (Fsp3) is 0.500. The number of anilines is 2. The molecule has 7 aromatic rings. The van der Waals surface area contributed by atoms with E-state index in [1.165, 1.54) is 147 Å². The Morgan fingerprint density at radius 2 is 0.708 bits per heavy atom. The molecule has 0 N–H and O–H groups in total.